The third kappa shape index (κ3) is 4.46. The van der Waals surface area contributed by atoms with Crippen LogP contribution in [0.2, 0.25) is 0 Å². The second kappa shape index (κ2) is 9.00. The van der Waals surface area contributed by atoms with Crippen molar-refractivity contribution in [3.63, 3.8) is 0 Å². The highest BCUT2D eigenvalue weighted by Crippen LogP contribution is 2.34. The minimum Gasteiger partial charge on any atom is -0.496 e. The van der Waals surface area contributed by atoms with Crippen molar-refractivity contribution in [2.24, 2.45) is 0 Å². The number of benzene rings is 2. The first-order valence-electron chi connectivity index (χ1n) is 9.25. The monoisotopic (exact) mass is 430 g/mol. The Morgan fingerprint density at radius 2 is 1.73 bits per heavy atom. The maximum atomic E-state index is 12.9. The van der Waals surface area contributed by atoms with E-state index in [2.05, 4.69) is 10.6 Å². The van der Waals surface area contributed by atoms with Gasteiger partial charge in [0, 0.05) is 11.3 Å². The van der Waals surface area contributed by atoms with Gasteiger partial charge in [-0.2, -0.15) is 0 Å². The van der Waals surface area contributed by atoms with Crippen LogP contribution in [0.5, 0.6) is 5.75 Å². The first-order valence-corrected chi connectivity index (χ1v) is 10.9. The smallest absolute Gasteiger partial charge is 0.338 e. The number of nitrogens with one attached hydrogen (secondary N) is 2. The zero-order valence-electron chi connectivity index (χ0n) is 16.5. The van der Waals surface area contributed by atoms with Crippen molar-refractivity contribution in [1.29, 1.82) is 0 Å². The molecule has 0 unspecified atom stereocenters. The first-order chi connectivity index (χ1) is 14.4. The maximum Gasteiger partial charge on any atom is 0.338 e. The summed E-state index contributed by atoms with van der Waals surface area (Å²) in [6.07, 6.45) is 0. The Bertz CT molecular complexity index is 1080. The molecule has 0 saturated heterocycles. The van der Waals surface area contributed by atoms with Gasteiger partial charge in [0.1, 0.15) is 5.75 Å². The lowest BCUT2D eigenvalue weighted by atomic mass is 9.95. The number of hydrogen-bond donors (Lipinski definition) is 2. The number of para-hydroxylation sites is 1. The molecule has 9 heteroatoms. The minimum absolute atomic E-state index is 0.0143. The Hall–Kier alpha value is -3.33. The normalized spacial score (nSPS) is 16.5. The summed E-state index contributed by atoms with van der Waals surface area (Å²) in [6.45, 7) is 1.74. The van der Waals surface area contributed by atoms with Crippen LogP contribution >= 0.6 is 0 Å². The van der Waals surface area contributed by atoms with E-state index in [1.54, 1.807) is 49.4 Å². The zero-order valence-corrected chi connectivity index (χ0v) is 17.4. The van der Waals surface area contributed by atoms with Gasteiger partial charge >= 0.3 is 12.0 Å². The summed E-state index contributed by atoms with van der Waals surface area (Å²) in [5, 5.41) is 5.15. The standard InChI is InChI=1S/C21H22N2O6S/c1-3-29-20(24)18-16(13-30(26,27)14-9-5-4-6-10-14)22-21(25)23-19(18)15-11-7-8-12-17(15)28-2/h4-12,19H,3,13H2,1-2H3,(H2,22,23,25)/t19-/m1/s1. The molecular formula is C21H22N2O6S. The summed E-state index contributed by atoms with van der Waals surface area (Å²) in [5.74, 6) is -0.847. The predicted molar refractivity (Wildman–Crippen MR) is 110 cm³/mol. The summed E-state index contributed by atoms with van der Waals surface area (Å²) < 4.78 is 36.4. The fraction of sp³-hybridized carbons (Fsp3) is 0.238. The third-order valence-electron chi connectivity index (χ3n) is 4.54. The number of carbonyl (C=O) groups is 2. The average Bonchev–Trinajstić information content (AvgIpc) is 2.73. The van der Waals surface area contributed by atoms with Gasteiger partial charge in [0.25, 0.3) is 0 Å². The molecule has 2 aromatic carbocycles. The molecule has 0 radical (unpaired) electrons. The van der Waals surface area contributed by atoms with Crippen molar-refractivity contribution >= 4 is 21.8 Å². The number of amides is 2. The van der Waals surface area contributed by atoms with E-state index in [-0.39, 0.29) is 22.8 Å². The molecule has 1 heterocycles. The molecule has 0 saturated carbocycles. The number of sulfone groups is 1. The summed E-state index contributed by atoms with van der Waals surface area (Å²) in [4.78, 5) is 25.3. The molecule has 0 spiro atoms. The van der Waals surface area contributed by atoms with Crippen molar-refractivity contribution in [3.05, 3.63) is 71.4 Å². The van der Waals surface area contributed by atoms with Crippen molar-refractivity contribution in [1.82, 2.24) is 10.6 Å². The van der Waals surface area contributed by atoms with Crippen LogP contribution < -0.4 is 15.4 Å². The Kier molecular flexibility index (Phi) is 6.41. The van der Waals surface area contributed by atoms with Crippen LogP contribution in [0.4, 0.5) is 4.79 Å². The largest absolute Gasteiger partial charge is 0.496 e. The van der Waals surface area contributed by atoms with Crippen molar-refractivity contribution < 1.29 is 27.5 Å². The SMILES string of the molecule is CCOC(=O)C1=C(CS(=O)(=O)c2ccccc2)NC(=O)N[C@@H]1c1ccccc1OC. The van der Waals surface area contributed by atoms with Crippen LogP contribution in [-0.2, 0) is 19.4 Å². The van der Waals surface area contributed by atoms with E-state index in [0.29, 0.717) is 11.3 Å². The van der Waals surface area contributed by atoms with Gasteiger partial charge in [-0.3, -0.25) is 0 Å². The lowest BCUT2D eigenvalue weighted by Gasteiger charge is -2.30. The Morgan fingerprint density at radius 1 is 1.07 bits per heavy atom. The number of methoxy groups -OCH3 is 1. The number of esters is 1. The zero-order chi connectivity index (χ0) is 21.7. The van der Waals surface area contributed by atoms with Gasteiger partial charge in [-0.25, -0.2) is 18.0 Å². The van der Waals surface area contributed by atoms with E-state index in [9.17, 15) is 18.0 Å². The van der Waals surface area contributed by atoms with E-state index in [1.165, 1.54) is 19.2 Å². The van der Waals surface area contributed by atoms with E-state index < -0.39 is 33.6 Å². The molecule has 2 N–H and O–H groups in total. The molecule has 0 aliphatic carbocycles. The highest BCUT2D eigenvalue weighted by molar-refractivity contribution is 7.91. The molecule has 1 aliphatic heterocycles. The summed E-state index contributed by atoms with van der Waals surface area (Å²) >= 11 is 0. The van der Waals surface area contributed by atoms with Gasteiger partial charge in [0.2, 0.25) is 0 Å². The topological polar surface area (TPSA) is 111 Å². The Morgan fingerprint density at radius 3 is 2.40 bits per heavy atom. The number of carbonyl (C=O) groups excluding carboxylic acids is 2. The lowest BCUT2D eigenvalue weighted by Crippen LogP contribution is -2.47. The van der Waals surface area contributed by atoms with Gasteiger partial charge in [-0.05, 0) is 25.1 Å². The van der Waals surface area contributed by atoms with E-state index in [1.807, 2.05) is 0 Å². The lowest BCUT2D eigenvalue weighted by molar-refractivity contribution is -0.139. The number of rotatable bonds is 7. The van der Waals surface area contributed by atoms with Gasteiger partial charge in [-0.1, -0.05) is 36.4 Å². The molecule has 0 bridgehead atoms. The van der Waals surface area contributed by atoms with Crippen LogP contribution in [0, 0.1) is 0 Å². The summed E-state index contributed by atoms with van der Waals surface area (Å²) in [6, 6.07) is 13.1. The van der Waals surface area contributed by atoms with Crippen molar-refractivity contribution in [2.45, 2.75) is 17.9 Å². The Balaban J connectivity index is 2.14. The van der Waals surface area contributed by atoms with Crippen molar-refractivity contribution in [3.8, 4) is 5.75 Å². The highest BCUT2D eigenvalue weighted by atomic mass is 32.2. The molecule has 2 amide bonds. The maximum absolute atomic E-state index is 12.9. The Labute approximate surface area is 174 Å². The molecule has 1 atom stereocenters. The van der Waals surface area contributed by atoms with E-state index in [0.717, 1.165) is 0 Å². The van der Waals surface area contributed by atoms with E-state index >= 15 is 0 Å². The molecular weight excluding hydrogens is 408 g/mol. The summed E-state index contributed by atoms with van der Waals surface area (Å²) in [7, 11) is -2.36. The first kappa shape index (κ1) is 21.4. The molecule has 8 nitrogen and oxygen atoms in total. The van der Waals surface area contributed by atoms with Gasteiger partial charge in [-0.15, -0.1) is 0 Å². The van der Waals surface area contributed by atoms with Crippen LogP contribution in [0.1, 0.15) is 18.5 Å². The summed E-state index contributed by atoms with van der Waals surface area (Å²) in [5.41, 5.74) is 0.491. The second-order valence-corrected chi connectivity index (χ2v) is 8.45. The molecule has 0 aromatic heterocycles. The van der Waals surface area contributed by atoms with Gasteiger partial charge in [0.05, 0.1) is 36.0 Å². The average molecular weight is 430 g/mol. The number of ether oxygens (including phenoxy) is 2. The number of hydrogen-bond acceptors (Lipinski definition) is 6. The predicted octanol–water partition coefficient (Wildman–Crippen LogP) is 2.34. The molecule has 30 heavy (non-hydrogen) atoms. The van der Waals surface area contributed by atoms with Crippen LogP contribution in [-0.4, -0.2) is 39.9 Å². The van der Waals surface area contributed by atoms with Gasteiger partial charge < -0.3 is 20.1 Å². The van der Waals surface area contributed by atoms with Crippen LogP contribution in [0.25, 0.3) is 0 Å². The second-order valence-electron chi connectivity index (χ2n) is 6.46. The van der Waals surface area contributed by atoms with E-state index in [4.69, 9.17) is 9.47 Å². The number of urea groups is 1. The molecule has 158 valence electrons. The van der Waals surface area contributed by atoms with Crippen LogP contribution in [0.3, 0.4) is 0 Å². The quantitative estimate of drug-likeness (QED) is 0.653. The molecule has 0 fully saturated rings. The third-order valence-corrected chi connectivity index (χ3v) is 6.19. The fourth-order valence-electron chi connectivity index (χ4n) is 3.22. The molecule has 3 rings (SSSR count). The highest BCUT2D eigenvalue weighted by Gasteiger charge is 2.36. The molecule has 2 aromatic rings. The fourth-order valence-corrected chi connectivity index (χ4v) is 4.57. The van der Waals surface area contributed by atoms with Crippen molar-refractivity contribution in [2.75, 3.05) is 19.5 Å². The minimum atomic E-state index is -3.83. The van der Waals surface area contributed by atoms with Gasteiger partial charge in [0.15, 0.2) is 9.84 Å². The van der Waals surface area contributed by atoms with Crippen LogP contribution in [0.15, 0.2) is 70.8 Å². The molecule has 1 aliphatic rings.